The lowest BCUT2D eigenvalue weighted by atomic mass is 10.2. The predicted octanol–water partition coefficient (Wildman–Crippen LogP) is 2.92. The fourth-order valence-corrected chi connectivity index (χ4v) is 1.37. The maximum atomic E-state index is 13.2. The highest BCUT2D eigenvalue weighted by molar-refractivity contribution is 6.30. The Hall–Kier alpha value is -1.30. The summed E-state index contributed by atoms with van der Waals surface area (Å²) in [6.07, 6.45) is -3.36. The zero-order valence-electron chi connectivity index (χ0n) is 8.84. The summed E-state index contributed by atoms with van der Waals surface area (Å²) >= 11 is 5.57. The van der Waals surface area contributed by atoms with E-state index in [1.165, 1.54) is 0 Å². The van der Waals surface area contributed by atoms with Crippen LogP contribution in [0.2, 0.25) is 5.15 Å². The molecule has 7 heteroatoms. The number of rotatable bonds is 4. The van der Waals surface area contributed by atoms with E-state index in [2.05, 4.69) is 9.72 Å². The Morgan fingerprint density at radius 1 is 1.59 bits per heavy atom. The molecule has 0 aliphatic rings. The highest BCUT2D eigenvalue weighted by Crippen LogP contribution is 2.24. The zero-order valence-corrected chi connectivity index (χ0v) is 9.60. The van der Waals surface area contributed by atoms with Gasteiger partial charge in [0.15, 0.2) is 5.82 Å². The van der Waals surface area contributed by atoms with E-state index in [4.69, 9.17) is 11.6 Å². The minimum absolute atomic E-state index is 0.0204. The number of esters is 1. The van der Waals surface area contributed by atoms with Gasteiger partial charge < -0.3 is 4.74 Å². The molecule has 0 aliphatic carbocycles. The topological polar surface area (TPSA) is 39.2 Å². The summed E-state index contributed by atoms with van der Waals surface area (Å²) in [7, 11) is 0. The third kappa shape index (κ3) is 3.59. The van der Waals surface area contributed by atoms with Crippen LogP contribution in [0.3, 0.4) is 0 Å². The standard InChI is InChI=1S/C10H9ClF3NO2/c1-2-17-7(16)4-5-3-6(12)8(10(13)14)15-9(5)11/h3,10H,2,4H2,1H3. The SMILES string of the molecule is CCOC(=O)Cc1cc(F)c(C(F)F)nc1Cl. The van der Waals surface area contributed by atoms with Gasteiger partial charge in [-0.2, -0.15) is 0 Å². The van der Waals surface area contributed by atoms with E-state index in [0.717, 1.165) is 6.07 Å². The minimum atomic E-state index is -3.05. The summed E-state index contributed by atoms with van der Waals surface area (Å²) in [5, 5.41) is -0.324. The maximum Gasteiger partial charge on any atom is 0.310 e. The van der Waals surface area contributed by atoms with Crippen LogP contribution in [0, 0.1) is 5.82 Å². The van der Waals surface area contributed by atoms with Crippen LogP contribution >= 0.6 is 11.6 Å². The van der Waals surface area contributed by atoms with Crippen LogP contribution in [0.15, 0.2) is 6.07 Å². The number of carbonyl (C=O) groups is 1. The van der Waals surface area contributed by atoms with Crippen molar-refractivity contribution in [3.05, 3.63) is 28.3 Å². The number of hydrogen-bond donors (Lipinski definition) is 0. The summed E-state index contributed by atoms with van der Waals surface area (Å²) in [4.78, 5) is 14.3. The van der Waals surface area contributed by atoms with Crippen molar-refractivity contribution in [2.24, 2.45) is 0 Å². The summed E-state index contributed by atoms with van der Waals surface area (Å²) in [6.45, 7) is 1.78. The van der Waals surface area contributed by atoms with Gasteiger partial charge in [-0.05, 0) is 13.0 Å². The molecule has 0 amide bonds. The number of alkyl halides is 2. The molecule has 1 aromatic rings. The Bertz CT molecular complexity index is 426. The Kier molecular flexibility index (Phi) is 4.74. The highest BCUT2D eigenvalue weighted by Gasteiger charge is 2.19. The van der Waals surface area contributed by atoms with Crippen molar-refractivity contribution in [3.63, 3.8) is 0 Å². The van der Waals surface area contributed by atoms with Gasteiger partial charge in [-0.3, -0.25) is 4.79 Å². The van der Waals surface area contributed by atoms with Gasteiger partial charge in [0.05, 0.1) is 13.0 Å². The van der Waals surface area contributed by atoms with Crippen LogP contribution in [-0.4, -0.2) is 17.6 Å². The van der Waals surface area contributed by atoms with Gasteiger partial charge in [-0.25, -0.2) is 18.2 Å². The lowest BCUT2D eigenvalue weighted by molar-refractivity contribution is -0.142. The predicted molar refractivity (Wildman–Crippen MR) is 54.5 cm³/mol. The van der Waals surface area contributed by atoms with Crippen molar-refractivity contribution in [2.75, 3.05) is 6.61 Å². The molecule has 3 nitrogen and oxygen atoms in total. The minimum Gasteiger partial charge on any atom is -0.466 e. The highest BCUT2D eigenvalue weighted by atomic mass is 35.5. The molecule has 0 aromatic carbocycles. The average Bonchev–Trinajstić information content (AvgIpc) is 2.22. The molecule has 0 unspecified atom stereocenters. The van der Waals surface area contributed by atoms with Gasteiger partial charge in [-0.15, -0.1) is 0 Å². The van der Waals surface area contributed by atoms with Gasteiger partial charge in [0, 0.05) is 5.56 Å². The van der Waals surface area contributed by atoms with Gasteiger partial charge >= 0.3 is 5.97 Å². The largest absolute Gasteiger partial charge is 0.466 e. The van der Waals surface area contributed by atoms with E-state index < -0.39 is 23.9 Å². The van der Waals surface area contributed by atoms with Crippen LogP contribution in [0.25, 0.3) is 0 Å². The molecule has 0 radical (unpaired) electrons. The third-order valence-electron chi connectivity index (χ3n) is 1.88. The molecule has 0 N–H and O–H groups in total. The first-order chi connectivity index (χ1) is 7.95. The van der Waals surface area contributed by atoms with E-state index >= 15 is 0 Å². The van der Waals surface area contributed by atoms with Crippen molar-refractivity contribution in [1.29, 1.82) is 0 Å². The van der Waals surface area contributed by atoms with Crippen molar-refractivity contribution in [3.8, 4) is 0 Å². The molecule has 1 aromatic heterocycles. The second-order valence-corrected chi connectivity index (χ2v) is 3.45. The number of pyridine rings is 1. The first-order valence-electron chi connectivity index (χ1n) is 4.74. The van der Waals surface area contributed by atoms with Crippen LogP contribution in [0.5, 0.6) is 0 Å². The molecule has 1 rings (SSSR count). The fourth-order valence-electron chi connectivity index (χ4n) is 1.16. The quantitative estimate of drug-likeness (QED) is 0.622. The van der Waals surface area contributed by atoms with Gasteiger partial charge in [0.2, 0.25) is 0 Å². The molecule has 0 bridgehead atoms. The monoisotopic (exact) mass is 267 g/mol. The van der Waals surface area contributed by atoms with Crippen LogP contribution in [0.1, 0.15) is 24.6 Å². The molecule has 1 heterocycles. The summed E-state index contributed by atoms with van der Waals surface area (Å²) in [5.74, 6) is -1.82. The second-order valence-electron chi connectivity index (χ2n) is 3.09. The van der Waals surface area contributed by atoms with Crippen molar-refractivity contribution < 1.29 is 22.7 Å². The molecule has 17 heavy (non-hydrogen) atoms. The zero-order chi connectivity index (χ0) is 13.0. The summed E-state index contributed by atoms with van der Waals surface area (Å²) < 4.78 is 42.3. The Morgan fingerprint density at radius 2 is 2.24 bits per heavy atom. The van der Waals surface area contributed by atoms with E-state index in [1.807, 2.05) is 0 Å². The lowest BCUT2D eigenvalue weighted by Crippen LogP contribution is -2.09. The smallest absolute Gasteiger partial charge is 0.310 e. The van der Waals surface area contributed by atoms with Gasteiger partial charge in [-0.1, -0.05) is 11.6 Å². The summed E-state index contributed by atoms with van der Waals surface area (Å²) in [6, 6.07) is 0.772. The average molecular weight is 268 g/mol. The van der Waals surface area contributed by atoms with E-state index in [0.29, 0.717) is 0 Å². The summed E-state index contributed by atoms with van der Waals surface area (Å²) in [5.41, 5.74) is -1.00. The second kappa shape index (κ2) is 5.86. The number of hydrogen-bond acceptors (Lipinski definition) is 3. The lowest BCUT2D eigenvalue weighted by Gasteiger charge is -2.07. The Morgan fingerprint density at radius 3 is 2.76 bits per heavy atom. The molecule has 94 valence electrons. The number of carbonyl (C=O) groups excluding carboxylic acids is 1. The van der Waals surface area contributed by atoms with Crippen LogP contribution in [-0.2, 0) is 16.0 Å². The van der Waals surface area contributed by atoms with E-state index in [9.17, 15) is 18.0 Å². The Balaban J connectivity index is 2.95. The molecule has 0 fully saturated rings. The Labute approximate surface area is 101 Å². The molecule has 0 saturated carbocycles. The van der Waals surface area contributed by atoms with E-state index in [-0.39, 0.29) is 23.7 Å². The number of nitrogens with zero attached hydrogens (tertiary/aromatic N) is 1. The fraction of sp³-hybridized carbons (Fsp3) is 0.400. The molecule has 0 spiro atoms. The number of halogens is 4. The molecular weight excluding hydrogens is 259 g/mol. The van der Waals surface area contributed by atoms with Crippen molar-refractivity contribution in [2.45, 2.75) is 19.8 Å². The maximum absolute atomic E-state index is 13.2. The third-order valence-corrected chi connectivity index (χ3v) is 2.20. The van der Waals surface area contributed by atoms with Gasteiger partial charge in [0.1, 0.15) is 10.8 Å². The van der Waals surface area contributed by atoms with Gasteiger partial charge in [0.25, 0.3) is 6.43 Å². The van der Waals surface area contributed by atoms with Crippen LogP contribution in [0.4, 0.5) is 13.2 Å². The van der Waals surface area contributed by atoms with Crippen molar-refractivity contribution >= 4 is 17.6 Å². The van der Waals surface area contributed by atoms with Crippen molar-refractivity contribution in [1.82, 2.24) is 4.98 Å². The van der Waals surface area contributed by atoms with E-state index in [1.54, 1.807) is 6.92 Å². The normalized spacial score (nSPS) is 10.7. The first-order valence-corrected chi connectivity index (χ1v) is 5.12. The first kappa shape index (κ1) is 13.8. The van der Waals surface area contributed by atoms with Crippen LogP contribution < -0.4 is 0 Å². The molecule has 0 aliphatic heterocycles. The molecular formula is C10H9ClF3NO2. The number of aromatic nitrogens is 1. The molecule has 0 atom stereocenters. The number of ether oxygens (including phenoxy) is 1. The molecule has 0 saturated heterocycles.